The van der Waals surface area contributed by atoms with Crippen molar-refractivity contribution in [2.24, 2.45) is 0 Å². The number of carbonyl (C=O) groups is 1. The Morgan fingerprint density at radius 2 is 1.17 bits per heavy atom. The maximum absolute atomic E-state index is 11.5. The van der Waals surface area contributed by atoms with Gasteiger partial charge in [-0.3, -0.25) is 0 Å². The van der Waals surface area contributed by atoms with E-state index >= 15 is 0 Å². The van der Waals surface area contributed by atoms with Crippen LogP contribution in [-0.2, 0) is 9.47 Å². The van der Waals surface area contributed by atoms with Crippen LogP contribution in [0.1, 0.15) is 26.7 Å². The van der Waals surface area contributed by atoms with Crippen molar-refractivity contribution in [3.63, 3.8) is 0 Å². The minimum absolute atomic E-state index is 0.302. The minimum Gasteiger partial charge on any atom is -0.426 e. The Hall–Kier alpha value is 1.01. The molecule has 0 N–H and O–H groups in total. The van der Waals surface area contributed by atoms with Crippen LogP contribution in [0.25, 0.3) is 0 Å². The van der Waals surface area contributed by atoms with Gasteiger partial charge in [-0.2, -0.15) is 0 Å². The van der Waals surface area contributed by atoms with Crippen LogP contribution in [0, 0.1) is 0 Å². The van der Waals surface area contributed by atoms with Gasteiger partial charge in [-0.05, 0) is 12.8 Å². The Kier molecular flexibility index (Phi) is 8.13. The van der Waals surface area contributed by atoms with E-state index in [2.05, 4.69) is 0 Å². The second kappa shape index (κ2) is 7.70. The summed E-state index contributed by atoms with van der Waals surface area (Å²) in [5, 5.41) is 0. The molecule has 0 spiro atoms. The van der Waals surface area contributed by atoms with Gasteiger partial charge in [0.15, 0.2) is 12.2 Å². The molecule has 0 aliphatic rings. The number of hydrogen-bond donors (Lipinski definition) is 0. The molecule has 0 rings (SSSR count). The first-order valence-electron chi connectivity index (χ1n) is 5.03. The largest absolute Gasteiger partial charge is 0.509 e. The van der Waals surface area contributed by atoms with Gasteiger partial charge >= 0.3 is 6.16 Å². The summed E-state index contributed by atoms with van der Waals surface area (Å²) in [7, 11) is 0. The lowest BCUT2D eigenvalue weighted by Gasteiger charge is -2.26. The first-order valence-corrected chi connectivity index (χ1v) is 7.29. The van der Waals surface area contributed by atoms with Crippen LogP contribution in [-0.4, -0.2) is 25.9 Å². The maximum atomic E-state index is 11.5. The van der Waals surface area contributed by atoms with E-state index in [-0.39, 0.29) is 0 Å². The van der Waals surface area contributed by atoms with E-state index < -0.39 is 25.9 Å². The summed E-state index contributed by atoms with van der Waals surface area (Å²) in [6.45, 7) is 3.37. The molecule has 0 bridgehead atoms. The van der Waals surface area contributed by atoms with Gasteiger partial charge in [0.25, 0.3) is 0 Å². The summed E-state index contributed by atoms with van der Waals surface area (Å²) in [5.41, 5.74) is 0. The molecule has 0 aromatic rings. The number of halogens is 6. The van der Waals surface area contributed by atoms with E-state index in [1.807, 2.05) is 0 Å². The third-order valence-corrected chi connectivity index (χ3v) is 3.41. The molecular weight excluding hydrogens is 369 g/mol. The van der Waals surface area contributed by atoms with E-state index in [0.29, 0.717) is 12.8 Å². The number of ether oxygens (including phenoxy) is 2. The molecule has 18 heavy (non-hydrogen) atoms. The van der Waals surface area contributed by atoms with Crippen LogP contribution in [0.15, 0.2) is 0 Å². The molecule has 0 heterocycles. The Bertz CT molecular complexity index is 246. The van der Waals surface area contributed by atoms with Crippen molar-refractivity contribution < 1.29 is 14.3 Å². The predicted octanol–water partition coefficient (Wildman–Crippen LogP) is 5.44. The summed E-state index contributed by atoms with van der Waals surface area (Å²) >= 11 is 33.7. The maximum Gasteiger partial charge on any atom is 0.509 e. The van der Waals surface area contributed by atoms with E-state index in [9.17, 15) is 4.79 Å². The van der Waals surface area contributed by atoms with Gasteiger partial charge in [0.05, 0.1) is 0 Å². The van der Waals surface area contributed by atoms with Gasteiger partial charge in [-0.1, -0.05) is 83.5 Å². The van der Waals surface area contributed by atoms with Crippen LogP contribution in [0.2, 0.25) is 0 Å². The summed E-state index contributed by atoms with van der Waals surface area (Å²) in [4.78, 5) is 11.5. The summed E-state index contributed by atoms with van der Waals surface area (Å²) < 4.78 is 6.24. The molecule has 0 aromatic heterocycles. The third-order valence-electron chi connectivity index (χ3n) is 1.95. The van der Waals surface area contributed by atoms with Gasteiger partial charge in [0.1, 0.15) is 0 Å². The van der Waals surface area contributed by atoms with Crippen LogP contribution in [0.4, 0.5) is 4.79 Å². The molecule has 0 amide bonds. The third kappa shape index (κ3) is 6.97. The second-order valence-electron chi connectivity index (χ2n) is 3.36. The highest BCUT2D eigenvalue weighted by Crippen LogP contribution is 2.36. The van der Waals surface area contributed by atoms with Crippen LogP contribution < -0.4 is 0 Å². The summed E-state index contributed by atoms with van der Waals surface area (Å²) in [6.07, 6.45) is -2.33. The molecule has 108 valence electrons. The van der Waals surface area contributed by atoms with Crippen LogP contribution in [0.5, 0.6) is 0 Å². The van der Waals surface area contributed by atoms with Gasteiger partial charge in [0, 0.05) is 0 Å². The smallest absolute Gasteiger partial charge is 0.426 e. The zero-order chi connectivity index (χ0) is 14.6. The molecule has 3 nitrogen and oxygen atoms in total. The van der Waals surface area contributed by atoms with Crippen LogP contribution >= 0.6 is 69.6 Å². The normalized spacial score (nSPS) is 16.0. The molecule has 0 saturated carbocycles. The average Bonchev–Trinajstić information content (AvgIpc) is 2.19. The number of alkyl halides is 6. The van der Waals surface area contributed by atoms with E-state index in [1.165, 1.54) is 0 Å². The van der Waals surface area contributed by atoms with Crippen molar-refractivity contribution in [3.8, 4) is 0 Å². The van der Waals surface area contributed by atoms with Crippen molar-refractivity contribution in [1.82, 2.24) is 0 Å². The first-order chi connectivity index (χ1) is 8.02. The molecule has 0 aliphatic carbocycles. The lowest BCUT2D eigenvalue weighted by atomic mass is 10.3. The SMILES string of the molecule is CCC(OC(=O)OC(CC)C(Cl)(Cl)Cl)C(Cl)(Cl)Cl. The monoisotopic (exact) mass is 378 g/mol. The molecule has 0 aliphatic heterocycles. The Morgan fingerprint density at radius 3 is 1.33 bits per heavy atom. The van der Waals surface area contributed by atoms with Crippen molar-refractivity contribution >= 4 is 75.8 Å². The lowest BCUT2D eigenvalue weighted by Crippen LogP contribution is -2.35. The molecule has 9 heteroatoms. The van der Waals surface area contributed by atoms with Crippen molar-refractivity contribution in [1.29, 1.82) is 0 Å². The number of hydrogen-bond acceptors (Lipinski definition) is 3. The highest BCUT2D eigenvalue weighted by atomic mass is 35.6. The molecule has 2 atom stereocenters. The fourth-order valence-corrected chi connectivity index (χ4v) is 2.22. The first kappa shape index (κ1) is 19.0. The zero-order valence-electron chi connectivity index (χ0n) is 9.56. The lowest BCUT2D eigenvalue weighted by molar-refractivity contribution is -0.00163. The zero-order valence-corrected chi connectivity index (χ0v) is 14.1. The predicted molar refractivity (Wildman–Crippen MR) is 76.3 cm³/mol. The number of rotatable bonds is 4. The molecule has 0 aromatic carbocycles. The number of carbonyl (C=O) groups excluding carboxylic acids is 1. The Morgan fingerprint density at radius 1 is 0.889 bits per heavy atom. The quantitative estimate of drug-likeness (QED) is 0.481. The topological polar surface area (TPSA) is 35.5 Å². The van der Waals surface area contributed by atoms with E-state index in [4.69, 9.17) is 79.1 Å². The van der Waals surface area contributed by atoms with E-state index in [1.54, 1.807) is 13.8 Å². The highest BCUT2D eigenvalue weighted by molar-refractivity contribution is 6.68. The molecular formula is C9H12Cl6O3. The van der Waals surface area contributed by atoms with Crippen molar-refractivity contribution in [2.75, 3.05) is 0 Å². The van der Waals surface area contributed by atoms with E-state index in [0.717, 1.165) is 0 Å². The molecule has 0 radical (unpaired) electrons. The molecule has 2 unspecified atom stereocenters. The van der Waals surface area contributed by atoms with Gasteiger partial charge in [-0.15, -0.1) is 0 Å². The van der Waals surface area contributed by atoms with Crippen molar-refractivity contribution in [3.05, 3.63) is 0 Å². The Labute approximate surface area is 136 Å². The highest BCUT2D eigenvalue weighted by Gasteiger charge is 2.38. The summed E-state index contributed by atoms with van der Waals surface area (Å²) in [5.74, 6) is 0. The summed E-state index contributed by atoms with van der Waals surface area (Å²) in [6, 6.07) is 0. The van der Waals surface area contributed by atoms with Crippen molar-refractivity contribution in [2.45, 2.75) is 46.5 Å². The Balaban J connectivity index is 4.50. The van der Waals surface area contributed by atoms with Crippen LogP contribution in [0.3, 0.4) is 0 Å². The van der Waals surface area contributed by atoms with Gasteiger partial charge in [0.2, 0.25) is 7.59 Å². The standard InChI is InChI=1S/C9H12Cl6O3/c1-3-5(8(10,11)12)17-7(16)18-6(4-2)9(13,14)15/h5-6H,3-4H2,1-2H3. The van der Waals surface area contributed by atoms with Gasteiger partial charge in [-0.25, -0.2) is 4.79 Å². The van der Waals surface area contributed by atoms with Gasteiger partial charge < -0.3 is 9.47 Å². The molecule has 0 saturated heterocycles. The molecule has 0 fully saturated rings. The fraction of sp³-hybridized carbons (Fsp3) is 0.889. The fourth-order valence-electron chi connectivity index (χ4n) is 1.02. The second-order valence-corrected chi connectivity index (χ2v) is 8.10. The minimum atomic E-state index is -1.74. The average molecular weight is 381 g/mol.